The Kier molecular flexibility index (Phi) is 25.7. The Morgan fingerprint density at radius 2 is 0.731 bits per heavy atom. The van der Waals surface area contributed by atoms with Gasteiger partial charge in [-0.3, -0.25) is 38.6 Å². The summed E-state index contributed by atoms with van der Waals surface area (Å²) in [6.07, 6.45) is 6.14. The number of rotatable bonds is 18. The lowest BCUT2D eigenvalue weighted by Crippen LogP contribution is -2.46. The Morgan fingerprint density at radius 3 is 1.04 bits per heavy atom. The maximum Gasteiger partial charge on any atom is 0.303 e. The molecule has 18 heteroatoms. The first-order chi connectivity index (χ1) is 37.4. The Labute approximate surface area is 460 Å². The van der Waals surface area contributed by atoms with Crippen molar-refractivity contribution < 1.29 is 58.7 Å². The van der Waals surface area contributed by atoms with Crippen LogP contribution in [0.3, 0.4) is 0 Å². The molecule has 0 unspecified atom stereocenters. The highest BCUT2D eigenvalue weighted by Crippen LogP contribution is 2.31. The molecule has 4 fully saturated rings. The van der Waals surface area contributed by atoms with E-state index >= 15 is 0 Å². The van der Waals surface area contributed by atoms with Crippen LogP contribution in [0.2, 0.25) is 0 Å². The second kappa shape index (κ2) is 32.5. The van der Waals surface area contributed by atoms with Gasteiger partial charge in [0.2, 0.25) is 0 Å². The van der Waals surface area contributed by atoms with Gasteiger partial charge >= 0.3 is 23.9 Å². The number of para-hydroxylation sites is 4. The van der Waals surface area contributed by atoms with E-state index < -0.39 is 23.9 Å². The number of nitrogens with zero attached hydrogens (tertiary/aromatic N) is 6. The summed E-state index contributed by atoms with van der Waals surface area (Å²) in [4.78, 5) is 78.1. The number of piperazine rings is 2. The van der Waals surface area contributed by atoms with Crippen LogP contribution in [0, 0.1) is 0 Å². The molecular weight excluding hydrogens is 997 g/mol. The molecule has 4 aliphatic rings. The minimum absolute atomic E-state index is 0.169. The van der Waals surface area contributed by atoms with Crippen LogP contribution in [0.25, 0.3) is 0 Å². The minimum atomic E-state index is -1.08. The number of amides is 2. The first kappa shape index (κ1) is 61.7. The van der Waals surface area contributed by atoms with Gasteiger partial charge in [-0.2, -0.15) is 0 Å². The number of aliphatic carboxylic acids is 4. The largest absolute Gasteiger partial charge is 0.489 e. The number of carboxylic acids is 4. The van der Waals surface area contributed by atoms with Crippen LogP contribution in [-0.4, -0.2) is 166 Å². The van der Waals surface area contributed by atoms with Gasteiger partial charge in [-0.05, 0) is 126 Å². The van der Waals surface area contributed by atoms with Crippen molar-refractivity contribution in [3.8, 4) is 11.5 Å². The predicted octanol–water partition coefficient (Wildman–Crippen LogP) is 8.72. The van der Waals surface area contributed by atoms with Crippen LogP contribution < -0.4 is 19.3 Å². The summed E-state index contributed by atoms with van der Waals surface area (Å²) in [6.45, 7) is 21.5. The number of likely N-dealkylation sites (tertiary alicyclic amines) is 2. The Bertz CT molecular complexity index is 2330. The number of carbonyl (C=O) groups excluding carboxylic acids is 2. The first-order valence-electron chi connectivity index (χ1n) is 27.5. The van der Waals surface area contributed by atoms with Crippen molar-refractivity contribution in [2.75, 3.05) is 88.3 Å². The van der Waals surface area contributed by atoms with Crippen molar-refractivity contribution >= 4 is 47.1 Å². The van der Waals surface area contributed by atoms with Gasteiger partial charge in [-0.15, -0.1) is 0 Å². The summed E-state index contributed by atoms with van der Waals surface area (Å²) < 4.78 is 12.0. The zero-order valence-electron chi connectivity index (χ0n) is 46.1. The number of hydrogen-bond donors (Lipinski definition) is 4. The molecule has 0 aromatic heterocycles. The maximum absolute atomic E-state index is 12.8. The summed E-state index contributed by atoms with van der Waals surface area (Å²) in [5.74, 6) is -1.99. The Hall–Kier alpha value is -7.18. The number of carboxylic acid groups (broad SMARTS) is 4. The van der Waals surface area contributed by atoms with Crippen LogP contribution in [0.1, 0.15) is 124 Å². The average Bonchev–Trinajstić information content (AvgIpc) is 3.44. The maximum atomic E-state index is 12.8. The van der Waals surface area contributed by atoms with Gasteiger partial charge in [0, 0.05) is 103 Å². The lowest BCUT2D eigenvalue weighted by molar-refractivity contribution is -0.143. The van der Waals surface area contributed by atoms with E-state index in [4.69, 9.17) is 29.9 Å². The molecule has 0 bridgehead atoms. The van der Waals surface area contributed by atoms with E-state index in [1.807, 2.05) is 46.2 Å². The second-order valence-electron chi connectivity index (χ2n) is 20.5. The number of carbonyl (C=O) groups is 6. The fraction of sp³-hybridized carbons (Fsp3) is 0.500. The van der Waals surface area contributed by atoms with Crippen molar-refractivity contribution in [1.29, 1.82) is 0 Å². The molecule has 8 rings (SSSR count). The fourth-order valence-electron chi connectivity index (χ4n) is 9.55. The SMILES string of the molecule is CC(C)Oc1ccccc1N1CCN(Cc2cccc(C(=O)N3CCCCC3)c2)CC1.CC(C)Oc1ccccc1N1CCN(Cc2cccc(C(=O)N3CCCCC3)c2)CC1.O=C(O)CCC(=O)O.O=C(O)CCC(=O)O. The highest BCUT2D eigenvalue weighted by atomic mass is 16.5. The molecule has 4 saturated heterocycles. The molecule has 0 spiro atoms. The Morgan fingerprint density at radius 1 is 0.410 bits per heavy atom. The molecule has 0 aliphatic carbocycles. The summed E-state index contributed by atoms with van der Waals surface area (Å²) >= 11 is 0. The monoisotopic (exact) mass is 1080 g/mol. The number of benzene rings is 4. The van der Waals surface area contributed by atoms with Gasteiger partial charge in [0.05, 0.1) is 49.3 Å². The lowest BCUT2D eigenvalue weighted by atomic mass is 10.1. The van der Waals surface area contributed by atoms with Gasteiger partial charge in [0.25, 0.3) is 11.8 Å². The third-order valence-electron chi connectivity index (χ3n) is 13.4. The van der Waals surface area contributed by atoms with Crippen LogP contribution >= 0.6 is 0 Å². The highest BCUT2D eigenvalue weighted by Gasteiger charge is 2.24. The molecule has 78 heavy (non-hydrogen) atoms. The number of anilines is 2. The molecule has 4 heterocycles. The average molecular weight is 1080 g/mol. The number of piperidine rings is 2. The number of ether oxygens (including phenoxy) is 2. The molecule has 4 aromatic carbocycles. The highest BCUT2D eigenvalue weighted by molar-refractivity contribution is 5.95. The molecule has 0 radical (unpaired) electrons. The quantitative estimate of drug-likeness (QED) is 0.0732. The van der Waals surface area contributed by atoms with Gasteiger partial charge in [-0.25, -0.2) is 0 Å². The summed E-state index contributed by atoms with van der Waals surface area (Å²) in [6, 6.07) is 33.1. The Balaban J connectivity index is 0.000000225. The molecule has 4 aliphatic heterocycles. The van der Waals surface area contributed by atoms with E-state index in [9.17, 15) is 28.8 Å². The summed E-state index contributed by atoms with van der Waals surface area (Å²) in [7, 11) is 0. The van der Waals surface area contributed by atoms with E-state index in [-0.39, 0.29) is 49.7 Å². The molecule has 0 saturated carbocycles. The van der Waals surface area contributed by atoms with E-state index in [1.54, 1.807) is 0 Å². The predicted molar refractivity (Wildman–Crippen MR) is 301 cm³/mol. The van der Waals surface area contributed by atoms with E-state index in [1.165, 1.54) is 35.3 Å². The van der Waals surface area contributed by atoms with Crippen molar-refractivity contribution in [2.24, 2.45) is 0 Å². The second-order valence-corrected chi connectivity index (χ2v) is 20.5. The smallest absolute Gasteiger partial charge is 0.303 e. The van der Waals surface area contributed by atoms with Crippen LogP contribution in [0.5, 0.6) is 11.5 Å². The van der Waals surface area contributed by atoms with Crippen molar-refractivity contribution in [1.82, 2.24) is 19.6 Å². The molecule has 4 N–H and O–H groups in total. The fourth-order valence-corrected chi connectivity index (χ4v) is 9.55. The standard InChI is InChI=1S/2C26H35N3O2.2C4H6O4/c2*1-21(2)31-25-12-5-4-11-24(25)28-17-15-27(16-18-28)20-22-9-8-10-23(19-22)26(30)29-13-6-3-7-14-29;2*5-3(6)1-2-4(7)8/h2*4-5,8-12,19,21H,3,6-7,13-18,20H2,1-2H3;2*1-2H2,(H,5,6)(H,7,8). The zero-order chi connectivity index (χ0) is 56.4. The van der Waals surface area contributed by atoms with E-state index in [2.05, 4.69) is 108 Å². The summed E-state index contributed by atoms with van der Waals surface area (Å²) in [5, 5.41) is 31.6. The molecule has 0 atom stereocenters. The number of hydrogen-bond acceptors (Lipinski definition) is 12. The molecule has 424 valence electrons. The van der Waals surface area contributed by atoms with E-state index in [0.29, 0.717) is 0 Å². The third-order valence-corrected chi connectivity index (χ3v) is 13.4. The molecule has 18 nitrogen and oxygen atoms in total. The zero-order valence-corrected chi connectivity index (χ0v) is 46.1. The van der Waals surface area contributed by atoms with Crippen LogP contribution in [0.4, 0.5) is 11.4 Å². The summed E-state index contributed by atoms with van der Waals surface area (Å²) in [5.41, 5.74) is 6.48. The first-order valence-corrected chi connectivity index (χ1v) is 27.5. The van der Waals surface area contributed by atoms with Crippen molar-refractivity contribution in [3.63, 3.8) is 0 Å². The molecule has 2 amide bonds. The van der Waals surface area contributed by atoms with Gasteiger partial charge in [0.1, 0.15) is 11.5 Å². The normalized spacial score (nSPS) is 15.9. The topological polar surface area (TPSA) is 221 Å². The van der Waals surface area contributed by atoms with E-state index in [0.717, 1.165) is 140 Å². The van der Waals surface area contributed by atoms with Crippen LogP contribution in [-0.2, 0) is 32.3 Å². The lowest BCUT2D eigenvalue weighted by Gasteiger charge is -2.37. The van der Waals surface area contributed by atoms with Gasteiger partial charge < -0.3 is 49.5 Å². The third kappa shape index (κ3) is 21.7. The minimum Gasteiger partial charge on any atom is -0.489 e. The van der Waals surface area contributed by atoms with Gasteiger partial charge in [0.15, 0.2) is 0 Å². The molecular formula is C60H82N6O12. The molecule has 4 aromatic rings. The van der Waals surface area contributed by atoms with Crippen LogP contribution in [0.15, 0.2) is 97.1 Å². The van der Waals surface area contributed by atoms with Crippen molar-refractivity contribution in [3.05, 3.63) is 119 Å². The van der Waals surface area contributed by atoms with Gasteiger partial charge in [-0.1, -0.05) is 48.5 Å². The van der Waals surface area contributed by atoms with Crippen molar-refractivity contribution in [2.45, 2.75) is 117 Å².